The van der Waals surface area contributed by atoms with E-state index in [2.05, 4.69) is 4.98 Å². The molecule has 2 aromatic rings. The molecule has 0 aliphatic heterocycles. The first kappa shape index (κ1) is 12.3. The normalized spacial score (nSPS) is 12.1. The molecule has 2 rings (SSSR count). The van der Waals surface area contributed by atoms with Crippen LogP contribution in [0.5, 0.6) is 0 Å². The third kappa shape index (κ3) is 2.94. The number of aromatic nitrogens is 1. The smallest absolute Gasteiger partial charge is 0.311 e. The maximum Gasteiger partial charge on any atom is 0.311 e. The second-order valence-electron chi connectivity index (χ2n) is 4.37. The van der Waals surface area contributed by atoms with Crippen molar-refractivity contribution >= 4 is 5.97 Å². The Labute approximate surface area is 106 Å². The molecule has 0 aliphatic rings. The van der Waals surface area contributed by atoms with Crippen molar-refractivity contribution in [2.75, 3.05) is 0 Å². The molecule has 0 spiro atoms. The van der Waals surface area contributed by atoms with E-state index in [0.717, 1.165) is 16.7 Å². The van der Waals surface area contributed by atoms with E-state index in [9.17, 15) is 9.90 Å². The zero-order valence-electron chi connectivity index (χ0n) is 10.2. The van der Waals surface area contributed by atoms with Crippen LogP contribution in [0.25, 0.3) is 0 Å². The molecule has 3 nitrogen and oxygen atoms in total. The number of nitrogens with zero attached hydrogens (tertiary/aromatic N) is 1. The van der Waals surface area contributed by atoms with E-state index < -0.39 is 11.9 Å². The lowest BCUT2D eigenvalue weighted by molar-refractivity contribution is -0.138. The molecule has 1 aromatic carbocycles. The zero-order chi connectivity index (χ0) is 13.0. The van der Waals surface area contributed by atoms with Gasteiger partial charge in [-0.05, 0) is 30.5 Å². The summed E-state index contributed by atoms with van der Waals surface area (Å²) in [5, 5.41) is 9.34. The number of carboxylic acids is 1. The molecule has 0 bridgehead atoms. The molecule has 1 heterocycles. The van der Waals surface area contributed by atoms with Crippen molar-refractivity contribution in [2.45, 2.75) is 19.3 Å². The van der Waals surface area contributed by atoms with Crippen LogP contribution >= 0.6 is 0 Å². The van der Waals surface area contributed by atoms with Crippen molar-refractivity contribution in [3.05, 3.63) is 65.5 Å². The van der Waals surface area contributed by atoms with E-state index in [1.54, 1.807) is 12.4 Å². The molecule has 1 unspecified atom stereocenters. The van der Waals surface area contributed by atoms with Gasteiger partial charge in [0.05, 0.1) is 5.92 Å². The molecule has 18 heavy (non-hydrogen) atoms. The first-order valence-electron chi connectivity index (χ1n) is 5.85. The van der Waals surface area contributed by atoms with Crippen LogP contribution in [0.15, 0.2) is 48.8 Å². The molecular formula is C15H15NO2. The van der Waals surface area contributed by atoms with Gasteiger partial charge in [-0.15, -0.1) is 0 Å². The number of aliphatic carboxylic acids is 1. The molecule has 0 radical (unpaired) electrons. The highest BCUT2D eigenvalue weighted by Crippen LogP contribution is 2.21. The van der Waals surface area contributed by atoms with Gasteiger partial charge in [0, 0.05) is 12.4 Å². The number of hydrogen-bond acceptors (Lipinski definition) is 2. The van der Waals surface area contributed by atoms with Crippen LogP contribution in [0, 0.1) is 6.92 Å². The molecular weight excluding hydrogens is 226 g/mol. The van der Waals surface area contributed by atoms with Crippen LogP contribution in [-0.4, -0.2) is 16.1 Å². The van der Waals surface area contributed by atoms with Crippen molar-refractivity contribution in [3.8, 4) is 0 Å². The van der Waals surface area contributed by atoms with E-state index in [1.165, 1.54) is 0 Å². The fourth-order valence-electron chi connectivity index (χ4n) is 1.90. The summed E-state index contributed by atoms with van der Waals surface area (Å²) >= 11 is 0. The van der Waals surface area contributed by atoms with Crippen molar-refractivity contribution in [1.29, 1.82) is 0 Å². The van der Waals surface area contributed by atoms with E-state index in [1.807, 2.05) is 43.3 Å². The van der Waals surface area contributed by atoms with Crippen LogP contribution < -0.4 is 0 Å². The van der Waals surface area contributed by atoms with Gasteiger partial charge in [-0.3, -0.25) is 9.78 Å². The van der Waals surface area contributed by atoms with Crippen molar-refractivity contribution in [3.63, 3.8) is 0 Å². The molecule has 92 valence electrons. The average molecular weight is 241 g/mol. The summed E-state index contributed by atoms with van der Waals surface area (Å²) in [7, 11) is 0. The van der Waals surface area contributed by atoms with Gasteiger partial charge in [0.15, 0.2) is 0 Å². The fourth-order valence-corrected chi connectivity index (χ4v) is 1.90. The molecule has 0 aliphatic carbocycles. The number of hydrogen-bond donors (Lipinski definition) is 1. The summed E-state index contributed by atoms with van der Waals surface area (Å²) < 4.78 is 0. The molecule has 3 heteroatoms. The van der Waals surface area contributed by atoms with Gasteiger partial charge >= 0.3 is 5.97 Å². The number of rotatable bonds is 4. The number of aryl methyl sites for hydroxylation is 1. The standard InChI is InChI=1S/C15H15NO2/c1-11-4-6-13(7-5-11)14(15(17)18)9-12-3-2-8-16-10-12/h2-8,10,14H,9H2,1H3,(H,17,18). The predicted molar refractivity (Wildman–Crippen MR) is 69.5 cm³/mol. The minimum Gasteiger partial charge on any atom is -0.481 e. The Balaban J connectivity index is 2.24. The van der Waals surface area contributed by atoms with Gasteiger partial charge in [-0.2, -0.15) is 0 Å². The lowest BCUT2D eigenvalue weighted by Crippen LogP contribution is -2.14. The van der Waals surface area contributed by atoms with Gasteiger partial charge in [-0.1, -0.05) is 35.9 Å². The lowest BCUT2D eigenvalue weighted by Gasteiger charge is -2.12. The van der Waals surface area contributed by atoms with Gasteiger partial charge in [-0.25, -0.2) is 0 Å². The lowest BCUT2D eigenvalue weighted by atomic mass is 9.92. The molecule has 0 saturated heterocycles. The summed E-state index contributed by atoms with van der Waals surface area (Å²) in [6.45, 7) is 1.99. The second kappa shape index (κ2) is 5.45. The van der Waals surface area contributed by atoms with Gasteiger partial charge in [0.25, 0.3) is 0 Å². The third-order valence-corrected chi connectivity index (χ3v) is 2.94. The summed E-state index contributed by atoms with van der Waals surface area (Å²) in [6, 6.07) is 11.4. The van der Waals surface area contributed by atoms with Gasteiger partial charge in [0.2, 0.25) is 0 Å². The highest BCUT2D eigenvalue weighted by atomic mass is 16.4. The SMILES string of the molecule is Cc1ccc(C(Cc2cccnc2)C(=O)O)cc1. The molecule has 0 saturated carbocycles. The molecule has 1 N–H and O–H groups in total. The minimum atomic E-state index is -0.803. The van der Waals surface area contributed by atoms with E-state index in [4.69, 9.17) is 0 Å². The first-order valence-corrected chi connectivity index (χ1v) is 5.85. The predicted octanol–water partition coefficient (Wildman–Crippen LogP) is 2.80. The van der Waals surface area contributed by atoms with E-state index in [0.29, 0.717) is 6.42 Å². The zero-order valence-corrected chi connectivity index (χ0v) is 10.2. The van der Waals surface area contributed by atoms with E-state index in [-0.39, 0.29) is 0 Å². The maximum atomic E-state index is 11.4. The number of pyridine rings is 1. The quantitative estimate of drug-likeness (QED) is 0.895. The Kier molecular flexibility index (Phi) is 3.72. The summed E-state index contributed by atoms with van der Waals surface area (Å²) in [5.41, 5.74) is 2.90. The molecule has 1 aromatic heterocycles. The Morgan fingerprint density at radius 2 is 2.00 bits per heavy atom. The molecule has 0 fully saturated rings. The second-order valence-corrected chi connectivity index (χ2v) is 4.37. The van der Waals surface area contributed by atoms with Gasteiger partial charge < -0.3 is 5.11 Å². The minimum absolute atomic E-state index is 0.465. The topological polar surface area (TPSA) is 50.2 Å². The van der Waals surface area contributed by atoms with Crippen LogP contribution in [0.3, 0.4) is 0 Å². The number of carboxylic acid groups (broad SMARTS) is 1. The highest BCUT2D eigenvalue weighted by molar-refractivity contribution is 5.76. The highest BCUT2D eigenvalue weighted by Gasteiger charge is 2.20. The van der Waals surface area contributed by atoms with Gasteiger partial charge in [0.1, 0.15) is 0 Å². The van der Waals surface area contributed by atoms with Crippen molar-refractivity contribution in [2.24, 2.45) is 0 Å². The maximum absolute atomic E-state index is 11.4. The van der Waals surface area contributed by atoms with Crippen LogP contribution in [0.1, 0.15) is 22.6 Å². The number of benzene rings is 1. The Hall–Kier alpha value is -2.16. The van der Waals surface area contributed by atoms with Crippen LogP contribution in [0.2, 0.25) is 0 Å². The molecule has 1 atom stereocenters. The van der Waals surface area contributed by atoms with Crippen molar-refractivity contribution < 1.29 is 9.90 Å². The fraction of sp³-hybridized carbons (Fsp3) is 0.200. The third-order valence-electron chi connectivity index (χ3n) is 2.94. The Morgan fingerprint density at radius 1 is 1.28 bits per heavy atom. The number of carbonyl (C=O) groups is 1. The monoisotopic (exact) mass is 241 g/mol. The summed E-state index contributed by atoms with van der Waals surface area (Å²) in [6.07, 6.45) is 3.86. The average Bonchev–Trinajstić information content (AvgIpc) is 2.38. The largest absolute Gasteiger partial charge is 0.481 e. The summed E-state index contributed by atoms with van der Waals surface area (Å²) in [5.74, 6) is -1.32. The van der Waals surface area contributed by atoms with Crippen molar-refractivity contribution in [1.82, 2.24) is 4.98 Å². The summed E-state index contributed by atoms with van der Waals surface area (Å²) in [4.78, 5) is 15.4. The van der Waals surface area contributed by atoms with E-state index >= 15 is 0 Å². The Morgan fingerprint density at radius 3 is 2.56 bits per heavy atom. The first-order chi connectivity index (χ1) is 8.66. The van der Waals surface area contributed by atoms with Crippen LogP contribution in [0.4, 0.5) is 0 Å². The Bertz CT molecular complexity index is 520. The van der Waals surface area contributed by atoms with Crippen LogP contribution in [-0.2, 0) is 11.2 Å². The molecule has 0 amide bonds.